The van der Waals surface area contributed by atoms with Crippen LogP contribution in [0.4, 0.5) is 0 Å². The predicted octanol–water partition coefficient (Wildman–Crippen LogP) is 2.34. The van der Waals surface area contributed by atoms with Crippen LogP contribution in [0.15, 0.2) is 6.20 Å². The summed E-state index contributed by atoms with van der Waals surface area (Å²) >= 11 is 1.79. The van der Waals surface area contributed by atoms with Gasteiger partial charge in [0, 0.05) is 17.6 Å². The van der Waals surface area contributed by atoms with Crippen molar-refractivity contribution in [3.63, 3.8) is 0 Å². The molecular formula is C12H23N3S. The molecule has 0 aliphatic heterocycles. The molecule has 0 aliphatic rings. The first-order valence-electron chi connectivity index (χ1n) is 5.86. The molecule has 3 N–H and O–H groups in total. The van der Waals surface area contributed by atoms with E-state index in [1.165, 1.54) is 9.88 Å². The van der Waals surface area contributed by atoms with Gasteiger partial charge in [-0.2, -0.15) is 0 Å². The molecule has 4 heteroatoms. The van der Waals surface area contributed by atoms with Crippen LogP contribution in [-0.4, -0.2) is 18.1 Å². The lowest BCUT2D eigenvalue weighted by Gasteiger charge is -2.24. The smallest absolute Gasteiger partial charge is 0.109 e. The summed E-state index contributed by atoms with van der Waals surface area (Å²) in [6.45, 7) is 10.3. The molecule has 1 aromatic rings. The summed E-state index contributed by atoms with van der Waals surface area (Å²) < 4.78 is 0. The van der Waals surface area contributed by atoms with Crippen molar-refractivity contribution in [1.82, 2.24) is 10.3 Å². The molecule has 92 valence electrons. The van der Waals surface area contributed by atoms with Crippen LogP contribution in [0.1, 0.15) is 43.6 Å². The number of rotatable bonds is 6. The molecule has 0 saturated carbocycles. The van der Waals surface area contributed by atoms with Crippen LogP contribution in [0.5, 0.6) is 0 Å². The van der Waals surface area contributed by atoms with Crippen molar-refractivity contribution in [3.8, 4) is 0 Å². The van der Waals surface area contributed by atoms with Crippen LogP contribution in [0.3, 0.4) is 0 Å². The highest BCUT2D eigenvalue weighted by molar-refractivity contribution is 7.11. The minimum absolute atomic E-state index is 0.152. The molecule has 0 spiro atoms. The van der Waals surface area contributed by atoms with Crippen molar-refractivity contribution in [1.29, 1.82) is 0 Å². The topological polar surface area (TPSA) is 50.9 Å². The highest BCUT2D eigenvalue weighted by atomic mass is 32.1. The number of hydrogen-bond acceptors (Lipinski definition) is 4. The summed E-state index contributed by atoms with van der Waals surface area (Å²) in [5.74, 6) is 0. The zero-order chi connectivity index (χ0) is 12.2. The number of aryl methyl sites for hydroxylation is 1. The van der Waals surface area contributed by atoms with Gasteiger partial charge < -0.3 is 11.1 Å². The van der Waals surface area contributed by atoms with E-state index in [2.05, 4.69) is 38.0 Å². The molecule has 1 aromatic heterocycles. The van der Waals surface area contributed by atoms with Crippen LogP contribution in [0.2, 0.25) is 0 Å². The molecule has 0 saturated heterocycles. The Labute approximate surface area is 102 Å². The van der Waals surface area contributed by atoms with E-state index in [1.807, 2.05) is 6.20 Å². The van der Waals surface area contributed by atoms with E-state index in [1.54, 1.807) is 11.3 Å². The van der Waals surface area contributed by atoms with E-state index in [0.717, 1.165) is 13.0 Å². The van der Waals surface area contributed by atoms with Gasteiger partial charge in [0.25, 0.3) is 0 Å². The van der Waals surface area contributed by atoms with Gasteiger partial charge in [-0.05, 0) is 25.3 Å². The largest absolute Gasteiger partial charge is 0.330 e. The molecule has 0 bridgehead atoms. The van der Waals surface area contributed by atoms with Crippen molar-refractivity contribution in [2.45, 2.75) is 40.2 Å². The fraction of sp³-hybridized carbons (Fsp3) is 0.750. The van der Waals surface area contributed by atoms with E-state index < -0.39 is 0 Å². The average Bonchev–Trinajstić information content (AvgIpc) is 2.74. The standard InChI is InChI=1S/C12H23N3S/c1-5-10-6-14-11(16-10)9(2)15-8-12(3,4)7-13/h6,9,15H,5,7-8,13H2,1-4H3. The Balaban J connectivity index is 2.49. The SMILES string of the molecule is CCc1cnc(C(C)NCC(C)(C)CN)s1. The molecule has 16 heavy (non-hydrogen) atoms. The van der Waals surface area contributed by atoms with Crippen LogP contribution < -0.4 is 11.1 Å². The minimum atomic E-state index is 0.152. The zero-order valence-corrected chi connectivity index (χ0v) is 11.5. The number of nitrogens with two attached hydrogens (primary N) is 1. The molecule has 1 heterocycles. The summed E-state index contributed by atoms with van der Waals surface area (Å²) in [4.78, 5) is 5.79. The number of nitrogens with zero attached hydrogens (tertiary/aromatic N) is 1. The molecule has 0 aromatic carbocycles. The Hall–Kier alpha value is -0.450. The highest BCUT2D eigenvalue weighted by Gasteiger charge is 2.17. The lowest BCUT2D eigenvalue weighted by atomic mass is 9.93. The van der Waals surface area contributed by atoms with Crippen LogP contribution in [-0.2, 0) is 6.42 Å². The van der Waals surface area contributed by atoms with E-state index >= 15 is 0 Å². The van der Waals surface area contributed by atoms with E-state index in [0.29, 0.717) is 12.6 Å². The number of aromatic nitrogens is 1. The highest BCUT2D eigenvalue weighted by Crippen LogP contribution is 2.21. The van der Waals surface area contributed by atoms with Gasteiger partial charge in [0.05, 0.1) is 6.04 Å². The number of thiazole rings is 1. The molecule has 1 unspecified atom stereocenters. The van der Waals surface area contributed by atoms with Gasteiger partial charge >= 0.3 is 0 Å². The van der Waals surface area contributed by atoms with Gasteiger partial charge in [-0.25, -0.2) is 4.98 Å². The van der Waals surface area contributed by atoms with Crippen molar-refractivity contribution in [3.05, 3.63) is 16.1 Å². The Morgan fingerprint density at radius 1 is 1.56 bits per heavy atom. The Kier molecular flexibility index (Phi) is 4.89. The van der Waals surface area contributed by atoms with Crippen molar-refractivity contribution in [2.75, 3.05) is 13.1 Å². The summed E-state index contributed by atoms with van der Waals surface area (Å²) in [5, 5.41) is 4.67. The third kappa shape index (κ3) is 3.85. The summed E-state index contributed by atoms with van der Waals surface area (Å²) in [6, 6.07) is 0.316. The monoisotopic (exact) mass is 241 g/mol. The summed E-state index contributed by atoms with van der Waals surface area (Å²) in [5.41, 5.74) is 5.86. The zero-order valence-electron chi connectivity index (χ0n) is 10.7. The number of hydrogen-bond donors (Lipinski definition) is 2. The second-order valence-corrected chi connectivity index (χ2v) is 6.14. The summed E-state index contributed by atoms with van der Waals surface area (Å²) in [6.07, 6.45) is 3.05. The van der Waals surface area contributed by atoms with E-state index in [4.69, 9.17) is 5.73 Å². The summed E-state index contributed by atoms with van der Waals surface area (Å²) in [7, 11) is 0. The van der Waals surface area contributed by atoms with Crippen LogP contribution >= 0.6 is 11.3 Å². The van der Waals surface area contributed by atoms with E-state index in [9.17, 15) is 0 Å². The van der Waals surface area contributed by atoms with Crippen LogP contribution in [0.25, 0.3) is 0 Å². The molecule has 1 atom stereocenters. The quantitative estimate of drug-likeness (QED) is 0.804. The van der Waals surface area contributed by atoms with Crippen LogP contribution in [0, 0.1) is 5.41 Å². The Morgan fingerprint density at radius 2 is 2.25 bits per heavy atom. The predicted molar refractivity (Wildman–Crippen MR) is 70.7 cm³/mol. The van der Waals surface area contributed by atoms with Gasteiger partial charge in [-0.15, -0.1) is 11.3 Å². The third-order valence-electron chi connectivity index (χ3n) is 2.73. The maximum Gasteiger partial charge on any atom is 0.109 e. The normalized spacial score (nSPS) is 14.1. The first-order chi connectivity index (χ1) is 7.48. The lowest BCUT2D eigenvalue weighted by molar-refractivity contribution is 0.335. The average molecular weight is 241 g/mol. The van der Waals surface area contributed by atoms with Gasteiger partial charge in [0.2, 0.25) is 0 Å². The molecule has 0 aliphatic carbocycles. The number of nitrogens with one attached hydrogen (secondary N) is 1. The van der Waals surface area contributed by atoms with Crippen molar-refractivity contribution in [2.24, 2.45) is 11.1 Å². The Morgan fingerprint density at radius 3 is 2.75 bits per heavy atom. The molecule has 0 radical (unpaired) electrons. The van der Waals surface area contributed by atoms with Gasteiger partial charge in [-0.3, -0.25) is 0 Å². The maximum atomic E-state index is 5.70. The van der Waals surface area contributed by atoms with Gasteiger partial charge in [0.1, 0.15) is 5.01 Å². The first kappa shape index (κ1) is 13.6. The van der Waals surface area contributed by atoms with Crippen molar-refractivity contribution < 1.29 is 0 Å². The van der Waals surface area contributed by atoms with Gasteiger partial charge in [-0.1, -0.05) is 20.8 Å². The van der Waals surface area contributed by atoms with Gasteiger partial charge in [0.15, 0.2) is 0 Å². The molecule has 0 fully saturated rings. The molecule has 0 amide bonds. The second-order valence-electron chi connectivity index (χ2n) is 4.99. The maximum absolute atomic E-state index is 5.70. The van der Waals surface area contributed by atoms with E-state index in [-0.39, 0.29) is 5.41 Å². The fourth-order valence-corrected chi connectivity index (χ4v) is 2.16. The van der Waals surface area contributed by atoms with Crippen molar-refractivity contribution >= 4 is 11.3 Å². The molecular weight excluding hydrogens is 218 g/mol. The lowest BCUT2D eigenvalue weighted by Crippen LogP contribution is -2.36. The first-order valence-corrected chi connectivity index (χ1v) is 6.68. The Bertz CT molecular complexity index is 320. The second kappa shape index (κ2) is 5.75. The molecule has 1 rings (SSSR count). The molecule has 3 nitrogen and oxygen atoms in total. The fourth-order valence-electron chi connectivity index (χ4n) is 1.28. The third-order valence-corrected chi connectivity index (χ3v) is 4.05. The minimum Gasteiger partial charge on any atom is -0.330 e.